The van der Waals surface area contributed by atoms with Gasteiger partial charge in [-0.2, -0.15) is 5.10 Å². The van der Waals surface area contributed by atoms with Crippen LogP contribution in [0, 0.1) is 0 Å². The first kappa shape index (κ1) is 15.4. The van der Waals surface area contributed by atoms with E-state index in [1.165, 1.54) is 0 Å². The lowest BCUT2D eigenvalue weighted by atomic mass is 10.1. The maximum atomic E-state index is 12.4. The molecule has 0 aromatic carbocycles. The Balaban J connectivity index is 1.79. The molecule has 1 aliphatic rings. The van der Waals surface area contributed by atoms with Gasteiger partial charge in [-0.3, -0.25) is 4.79 Å². The van der Waals surface area contributed by atoms with E-state index in [9.17, 15) is 4.79 Å². The molecule has 3 heterocycles. The van der Waals surface area contributed by atoms with Crippen LogP contribution in [-0.4, -0.2) is 41.4 Å². The fourth-order valence-corrected chi connectivity index (χ4v) is 3.92. The molecule has 1 atom stereocenters. The van der Waals surface area contributed by atoms with Crippen LogP contribution in [0.1, 0.15) is 22.2 Å². The Bertz CT molecular complexity index is 638. The molecule has 2 aromatic heterocycles. The smallest absolute Gasteiger partial charge is 0.257 e. The van der Waals surface area contributed by atoms with Gasteiger partial charge in [-0.25, -0.2) is 5.01 Å². The Hall–Kier alpha value is -1.54. The van der Waals surface area contributed by atoms with Gasteiger partial charge < -0.3 is 10.4 Å². The second kappa shape index (κ2) is 7.15. The van der Waals surface area contributed by atoms with Crippen molar-refractivity contribution < 1.29 is 9.90 Å². The van der Waals surface area contributed by atoms with Crippen LogP contribution in [0.2, 0.25) is 0 Å². The van der Waals surface area contributed by atoms with Gasteiger partial charge in [0.05, 0.1) is 29.8 Å². The molecule has 0 bridgehead atoms. The number of nitrogens with one attached hydrogen (secondary N) is 1. The van der Waals surface area contributed by atoms with Crippen molar-refractivity contribution >= 4 is 34.3 Å². The van der Waals surface area contributed by atoms with Crippen LogP contribution in [0.5, 0.6) is 0 Å². The van der Waals surface area contributed by atoms with Crippen LogP contribution < -0.4 is 5.32 Å². The molecular weight excluding hydrogens is 318 g/mol. The van der Waals surface area contributed by atoms with E-state index < -0.39 is 0 Å². The fraction of sp³-hybridized carbons (Fsp3) is 0.333. The van der Waals surface area contributed by atoms with Gasteiger partial charge in [-0.15, -0.1) is 22.7 Å². The molecule has 3 rings (SSSR count). The first-order chi connectivity index (χ1) is 10.8. The van der Waals surface area contributed by atoms with E-state index in [-0.39, 0.29) is 25.1 Å². The average Bonchev–Trinajstić information content (AvgIpc) is 3.26. The number of hydrogen-bond acceptors (Lipinski definition) is 6. The molecule has 2 N–H and O–H groups in total. The van der Waals surface area contributed by atoms with Crippen molar-refractivity contribution in [1.29, 1.82) is 0 Å². The molecule has 5 nitrogen and oxygen atoms in total. The van der Waals surface area contributed by atoms with Crippen molar-refractivity contribution in [3.63, 3.8) is 0 Å². The predicted octanol–water partition coefficient (Wildman–Crippen LogP) is 2.07. The molecule has 116 valence electrons. The van der Waals surface area contributed by atoms with E-state index in [4.69, 9.17) is 5.11 Å². The number of hydrazone groups is 1. The van der Waals surface area contributed by atoms with Crippen LogP contribution in [0.4, 0.5) is 0 Å². The highest BCUT2D eigenvalue weighted by Gasteiger charge is 2.33. The number of hydrogen-bond donors (Lipinski definition) is 2. The van der Waals surface area contributed by atoms with Crippen molar-refractivity contribution in [3.8, 4) is 0 Å². The molecule has 0 fully saturated rings. The SMILES string of the molecule is O=C(CNCCO)N1N=C(c2cccs2)C[C@@H]1c1cccs1. The lowest BCUT2D eigenvalue weighted by molar-refractivity contribution is -0.131. The predicted molar refractivity (Wildman–Crippen MR) is 89.3 cm³/mol. The summed E-state index contributed by atoms with van der Waals surface area (Å²) in [6, 6.07) is 8.04. The Kier molecular flexibility index (Phi) is 4.99. The van der Waals surface area contributed by atoms with Gasteiger partial charge in [0, 0.05) is 17.8 Å². The molecular formula is C15H17N3O2S2. The lowest BCUT2D eigenvalue weighted by Gasteiger charge is -2.20. The van der Waals surface area contributed by atoms with Crippen LogP contribution in [0.15, 0.2) is 40.1 Å². The van der Waals surface area contributed by atoms with E-state index in [0.29, 0.717) is 6.54 Å². The second-order valence-electron chi connectivity index (χ2n) is 4.90. The monoisotopic (exact) mass is 335 g/mol. The normalized spacial score (nSPS) is 17.8. The number of nitrogens with zero attached hydrogens (tertiary/aromatic N) is 2. The minimum atomic E-state index is -0.0709. The highest BCUT2D eigenvalue weighted by atomic mass is 32.1. The zero-order valence-electron chi connectivity index (χ0n) is 11.9. The van der Waals surface area contributed by atoms with Crippen molar-refractivity contribution in [2.24, 2.45) is 5.10 Å². The Morgan fingerprint density at radius 3 is 2.86 bits per heavy atom. The number of rotatable bonds is 6. The molecule has 0 aliphatic carbocycles. The van der Waals surface area contributed by atoms with Crippen LogP contribution >= 0.6 is 22.7 Å². The standard InChI is InChI=1S/C15H17N3O2S2/c19-6-5-16-10-15(20)18-12(14-4-2-8-22-14)9-11(17-18)13-3-1-7-21-13/h1-4,7-8,12,16,19H,5-6,9-10H2/t12-/m1/s1. The molecule has 1 amide bonds. The van der Waals surface area contributed by atoms with Gasteiger partial charge in [0.25, 0.3) is 5.91 Å². The first-order valence-corrected chi connectivity index (χ1v) is 8.84. The van der Waals surface area contributed by atoms with Gasteiger partial charge in [0.1, 0.15) is 0 Å². The zero-order chi connectivity index (χ0) is 15.4. The molecule has 0 spiro atoms. The highest BCUT2D eigenvalue weighted by molar-refractivity contribution is 7.12. The second-order valence-corrected chi connectivity index (χ2v) is 6.82. The number of carbonyl (C=O) groups excluding carboxylic acids is 1. The van der Waals surface area contributed by atoms with Gasteiger partial charge in [0.15, 0.2) is 0 Å². The minimum absolute atomic E-state index is 0.0192. The summed E-state index contributed by atoms with van der Waals surface area (Å²) < 4.78 is 0. The lowest BCUT2D eigenvalue weighted by Crippen LogP contribution is -2.36. The molecule has 0 saturated carbocycles. The quantitative estimate of drug-likeness (QED) is 0.794. The Morgan fingerprint density at radius 1 is 1.36 bits per heavy atom. The molecule has 7 heteroatoms. The number of carbonyl (C=O) groups is 1. The fourth-order valence-electron chi connectivity index (χ4n) is 2.39. The van der Waals surface area contributed by atoms with E-state index in [1.54, 1.807) is 27.7 Å². The molecule has 2 aromatic rings. The summed E-state index contributed by atoms with van der Waals surface area (Å²) in [6.07, 6.45) is 0.743. The van der Waals surface area contributed by atoms with Crippen molar-refractivity contribution in [1.82, 2.24) is 10.3 Å². The zero-order valence-corrected chi connectivity index (χ0v) is 13.6. The van der Waals surface area contributed by atoms with E-state index in [1.807, 2.05) is 35.0 Å². The maximum absolute atomic E-state index is 12.4. The summed E-state index contributed by atoms with van der Waals surface area (Å²) in [5, 5.41) is 21.9. The Morgan fingerprint density at radius 2 is 2.18 bits per heavy atom. The van der Waals surface area contributed by atoms with Crippen molar-refractivity contribution in [2.45, 2.75) is 12.5 Å². The third-order valence-electron chi connectivity index (χ3n) is 3.41. The number of thiophene rings is 2. The maximum Gasteiger partial charge on any atom is 0.257 e. The van der Waals surface area contributed by atoms with Crippen molar-refractivity contribution in [3.05, 3.63) is 44.8 Å². The van der Waals surface area contributed by atoms with Crippen molar-refractivity contribution in [2.75, 3.05) is 19.7 Å². The topological polar surface area (TPSA) is 64.9 Å². The summed E-state index contributed by atoms with van der Waals surface area (Å²) in [5.74, 6) is -0.0709. The largest absolute Gasteiger partial charge is 0.395 e. The van der Waals surface area contributed by atoms with E-state index in [2.05, 4.69) is 10.4 Å². The Labute approximate surface area is 136 Å². The summed E-state index contributed by atoms with van der Waals surface area (Å²) in [5.41, 5.74) is 0.962. The third-order valence-corrected chi connectivity index (χ3v) is 5.30. The summed E-state index contributed by atoms with van der Waals surface area (Å²) in [7, 11) is 0. The van der Waals surface area contributed by atoms with Gasteiger partial charge in [0.2, 0.25) is 0 Å². The van der Waals surface area contributed by atoms with Crippen LogP contribution in [-0.2, 0) is 4.79 Å². The van der Waals surface area contributed by atoms with Gasteiger partial charge in [-0.05, 0) is 22.9 Å². The average molecular weight is 335 g/mol. The molecule has 22 heavy (non-hydrogen) atoms. The van der Waals surface area contributed by atoms with Crippen LogP contribution in [0.3, 0.4) is 0 Å². The van der Waals surface area contributed by atoms with Gasteiger partial charge >= 0.3 is 0 Å². The molecule has 1 aliphatic heterocycles. The number of amides is 1. The van der Waals surface area contributed by atoms with E-state index in [0.717, 1.165) is 21.9 Å². The van der Waals surface area contributed by atoms with E-state index >= 15 is 0 Å². The first-order valence-electron chi connectivity index (χ1n) is 7.08. The molecule has 0 saturated heterocycles. The summed E-state index contributed by atoms with van der Waals surface area (Å²) in [4.78, 5) is 14.7. The number of aliphatic hydroxyl groups excluding tert-OH is 1. The highest BCUT2D eigenvalue weighted by Crippen LogP contribution is 2.35. The third kappa shape index (κ3) is 3.27. The summed E-state index contributed by atoms with van der Waals surface area (Å²) in [6.45, 7) is 0.611. The molecule has 0 unspecified atom stereocenters. The number of aliphatic hydroxyl groups is 1. The molecule has 0 radical (unpaired) electrons. The minimum Gasteiger partial charge on any atom is -0.395 e. The van der Waals surface area contributed by atoms with Crippen LogP contribution in [0.25, 0.3) is 0 Å². The summed E-state index contributed by atoms with van der Waals surface area (Å²) >= 11 is 3.29. The van der Waals surface area contributed by atoms with Gasteiger partial charge in [-0.1, -0.05) is 12.1 Å².